The third kappa shape index (κ3) is 4.25. The Morgan fingerprint density at radius 2 is 1.86 bits per heavy atom. The highest BCUT2D eigenvalue weighted by atomic mass is 16.1. The second kappa shape index (κ2) is 8.77. The third-order valence-electron chi connectivity index (χ3n) is 7.45. The van der Waals surface area contributed by atoms with Crippen LogP contribution in [0.3, 0.4) is 0 Å². The molecule has 0 unspecified atom stereocenters. The first-order valence-electron chi connectivity index (χ1n) is 12.6. The van der Waals surface area contributed by atoms with E-state index >= 15 is 0 Å². The summed E-state index contributed by atoms with van der Waals surface area (Å²) >= 11 is 0. The molecule has 0 atom stereocenters. The smallest absolute Gasteiger partial charge is 0.251 e. The van der Waals surface area contributed by atoms with E-state index in [0.717, 1.165) is 59.9 Å². The molecule has 3 aliphatic rings. The number of nitrogens with zero attached hydrogens (tertiary/aromatic N) is 5. The van der Waals surface area contributed by atoms with Crippen LogP contribution in [0.2, 0.25) is 0 Å². The molecule has 0 saturated carbocycles. The topological polar surface area (TPSA) is 110 Å². The molecule has 37 heavy (non-hydrogen) atoms. The molecule has 4 heterocycles. The summed E-state index contributed by atoms with van der Waals surface area (Å²) in [5.74, 6) is 1.33. The van der Waals surface area contributed by atoms with Gasteiger partial charge in [0.15, 0.2) is 0 Å². The van der Waals surface area contributed by atoms with Gasteiger partial charge in [0.1, 0.15) is 11.5 Å². The normalized spacial score (nSPS) is 18.7. The van der Waals surface area contributed by atoms with Gasteiger partial charge in [0.25, 0.3) is 5.91 Å². The number of anilines is 3. The van der Waals surface area contributed by atoms with Crippen LogP contribution in [-0.2, 0) is 5.41 Å². The Balaban J connectivity index is 1.26. The van der Waals surface area contributed by atoms with Crippen molar-refractivity contribution >= 4 is 34.6 Å². The van der Waals surface area contributed by atoms with Crippen molar-refractivity contribution in [2.75, 3.05) is 50.0 Å². The lowest BCUT2D eigenvalue weighted by atomic mass is 9.77. The van der Waals surface area contributed by atoms with Crippen molar-refractivity contribution in [3.05, 3.63) is 76.7 Å². The first-order chi connectivity index (χ1) is 17.8. The van der Waals surface area contributed by atoms with Crippen LogP contribution in [0.4, 0.5) is 17.5 Å². The number of piperazine rings is 1. The minimum Gasteiger partial charge on any atom is -0.354 e. The number of hydrogen-bond acceptors (Lipinski definition) is 8. The van der Waals surface area contributed by atoms with Gasteiger partial charge in [0.05, 0.1) is 5.71 Å². The highest BCUT2D eigenvalue weighted by Gasteiger charge is 2.32. The standard InChI is InChI=1S/C28H30N8O/c1-28(2)16-32-26(37)19-5-4-17(12-22(19)28)20-14-23(29)25-21(20)15-31-27(34-25)33-18-6-7-30-24(13-18)36-10-8-35(3)9-11-36/h4-7,12-15,29H,8-11,16H2,1-3H3,(H,32,37)(H,30,31,33,34). The monoisotopic (exact) mass is 494 g/mol. The number of carbonyl (C=O) groups is 1. The van der Waals surface area contributed by atoms with Crippen molar-refractivity contribution in [3.63, 3.8) is 0 Å². The molecule has 1 amide bonds. The van der Waals surface area contributed by atoms with Gasteiger partial charge in [0.2, 0.25) is 5.95 Å². The van der Waals surface area contributed by atoms with Crippen molar-refractivity contribution in [3.8, 4) is 0 Å². The number of likely N-dealkylation sites (N-methyl/N-ethyl adjacent to an activating group) is 1. The maximum atomic E-state index is 12.4. The zero-order valence-electron chi connectivity index (χ0n) is 21.3. The summed E-state index contributed by atoms with van der Waals surface area (Å²) in [5.41, 5.74) is 6.03. The Morgan fingerprint density at radius 1 is 1.05 bits per heavy atom. The second-order valence-electron chi connectivity index (χ2n) is 10.6. The van der Waals surface area contributed by atoms with Gasteiger partial charge in [-0.1, -0.05) is 19.9 Å². The fraction of sp³-hybridized carbons (Fsp3) is 0.321. The van der Waals surface area contributed by atoms with Gasteiger partial charge in [-0.05, 0) is 48.0 Å². The minimum absolute atomic E-state index is 0.0413. The third-order valence-corrected chi connectivity index (χ3v) is 7.45. The van der Waals surface area contributed by atoms with Crippen LogP contribution in [0.25, 0.3) is 5.57 Å². The minimum atomic E-state index is -0.174. The molecule has 188 valence electrons. The molecule has 9 nitrogen and oxygen atoms in total. The molecule has 1 saturated heterocycles. The second-order valence-corrected chi connectivity index (χ2v) is 10.6. The lowest BCUT2D eigenvalue weighted by molar-refractivity contribution is 0.0930. The summed E-state index contributed by atoms with van der Waals surface area (Å²) in [6.45, 7) is 8.76. The SMILES string of the molecule is CN1CCN(c2cc(Nc3ncc4c(n3)C(=N)C=C4c3ccc4c(c3)C(C)(C)CNC4=O)ccn2)CC1. The van der Waals surface area contributed by atoms with E-state index in [-0.39, 0.29) is 11.3 Å². The maximum Gasteiger partial charge on any atom is 0.251 e. The van der Waals surface area contributed by atoms with E-state index in [4.69, 9.17) is 5.41 Å². The van der Waals surface area contributed by atoms with Gasteiger partial charge in [-0.3, -0.25) is 10.2 Å². The molecular formula is C28H30N8O. The maximum absolute atomic E-state index is 12.4. The Bertz CT molecular complexity index is 1450. The molecule has 1 fully saturated rings. The van der Waals surface area contributed by atoms with Gasteiger partial charge in [-0.15, -0.1) is 0 Å². The van der Waals surface area contributed by atoms with Gasteiger partial charge in [-0.2, -0.15) is 0 Å². The Labute approximate surface area is 216 Å². The van der Waals surface area contributed by atoms with Gasteiger partial charge < -0.3 is 20.4 Å². The van der Waals surface area contributed by atoms with Crippen molar-refractivity contribution < 1.29 is 4.79 Å². The van der Waals surface area contributed by atoms with Crippen molar-refractivity contribution in [2.45, 2.75) is 19.3 Å². The number of pyridine rings is 1. The Hall–Kier alpha value is -4.11. The van der Waals surface area contributed by atoms with Crippen molar-refractivity contribution in [1.29, 1.82) is 5.41 Å². The van der Waals surface area contributed by atoms with Crippen LogP contribution in [0, 0.1) is 5.41 Å². The number of amides is 1. The van der Waals surface area contributed by atoms with E-state index in [9.17, 15) is 4.79 Å². The van der Waals surface area contributed by atoms with E-state index < -0.39 is 0 Å². The summed E-state index contributed by atoms with van der Waals surface area (Å²) in [6, 6.07) is 9.81. The quantitative estimate of drug-likeness (QED) is 0.511. The van der Waals surface area contributed by atoms with E-state index in [1.807, 2.05) is 30.3 Å². The van der Waals surface area contributed by atoms with Crippen LogP contribution in [0.1, 0.15) is 46.6 Å². The number of carbonyl (C=O) groups excluding carboxylic acids is 1. The zero-order valence-corrected chi connectivity index (χ0v) is 21.3. The molecule has 6 rings (SSSR count). The van der Waals surface area contributed by atoms with Crippen LogP contribution in [0.5, 0.6) is 0 Å². The number of aromatic nitrogens is 3. The van der Waals surface area contributed by atoms with Crippen LogP contribution in [0.15, 0.2) is 48.8 Å². The summed E-state index contributed by atoms with van der Waals surface area (Å²) in [6.07, 6.45) is 5.40. The van der Waals surface area contributed by atoms with E-state index in [2.05, 4.69) is 62.3 Å². The van der Waals surface area contributed by atoms with Crippen molar-refractivity contribution in [1.82, 2.24) is 25.2 Å². The molecule has 2 aromatic heterocycles. The van der Waals surface area contributed by atoms with E-state index in [0.29, 0.717) is 29.5 Å². The highest BCUT2D eigenvalue weighted by molar-refractivity contribution is 6.19. The summed E-state index contributed by atoms with van der Waals surface area (Å²) < 4.78 is 0. The van der Waals surface area contributed by atoms with Crippen molar-refractivity contribution in [2.24, 2.45) is 0 Å². The highest BCUT2D eigenvalue weighted by Crippen LogP contribution is 2.36. The van der Waals surface area contributed by atoms with E-state index in [1.54, 1.807) is 12.4 Å². The Kier molecular flexibility index (Phi) is 5.52. The largest absolute Gasteiger partial charge is 0.354 e. The predicted molar refractivity (Wildman–Crippen MR) is 145 cm³/mol. The molecule has 2 aliphatic heterocycles. The van der Waals surface area contributed by atoms with Gasteiger partial charge in [0, 0.05) is 73.4 Å². The molecule has 1 aromatic carbocycles. The summed E-state index contributed by atoms with van der Waals surface area (Å²) in [5, 5.41) is 14.8. The number of rotatable bonds is 4. The number of fused-ring (bicyclic) bond motifs is 2. The molecule has 0 radical (unpaired) electrons. The molecule has 3 aromatic rings. The van der Waals surface area contributed by atoms with Crippen LogP contribution < -0.4 is 15.5 Å². The first kappa shape index (κ1) is 23.3. The van der Waals surface area contributed by atoms with E-state index in [1.165, 1.54) is 0 Å². The first-order valence-corrected chi connectivity index (χ1v) is 12.6. The van der Waals surface area contributed by atoms with Gasteiger partial charge >= 0.3 is 0 Å². The average molecular weight is 495 g/mol. The molecule has 0 bridgehead atoms. The summed E-state index contributed by atoms with van der Waals surface area (Å²) in [7, 11) is 2.14. The zero-order chi connectivity index (χ0) is 25.7. The molecule has 0 spiro atoms. The fourth-order valence-corrected chi connectivity index (χ4v) is 5.17. The molecule has 9 heteroatoms. The Morgan fingerprint density at radius 3 is 2.68 bits per heavy atom. The van der Waals surface area contributed by atoms with Crippen LogP contribution in [-0.4, -0.2) is 71.2 Å². The average Bonchev–Trinajstić information content (AvgIpc) is 3.23. The molecular weight excluding hydrogens is 464 g/mol. The number of nitrogens with one attached hydrogen (secondary N) is 3. The molecule has 1 aliphatic carbocycles. The lowest BCUT2D eigenvalue weighted by Gasteiger charge is -2.33. The predicted octanol–water partition coefficient (Wildman–Crippen LogP) is 3.20. The number of benzene rings is 1. The summed E-state index contributed by atoms with van der Waals surface area (Å²) in [4.78, 5) is 30.8. The van der Waals surface area contributed by atoms with Gasteiger partial charge in [-0.25, -0.2) is 15.0 Å². The molecule has 3 N–H and O–H groups in total. The number of hydrogen-bond donors (Lipinski definition) is 3. The van der Waals surface area contributed by atoms with Crippen LogP contribution >= 0.6 is 0 Å². The fourth-order valence-electron chi connectivity index (χ4n) is 5.17. The number of allylic oxidation sites excluding steroid dienone is 1. The lowest BCUT2D eigenvalue weighted by Crippen LogP contribution is -2.44.